The number of thiol groups is 1. The summed E-state index contributed by atoms with van der Waals surface area (Å²) in [4.78, 5) is 92.9. The molecule has 2 N–H and O–H groups in total. The molecule has 2 fully saturated rings. The van der Waals surface area contributed by atoms with E-state index in [2.05, 4.69) is 23.3 Å². The van der Waals surface area contributed by atoms with Gasteiger partial charge < -0.3 is 25.3 Å². The van der Waals surface area contributed by atoms with Crippen LogP contribution in [0.5, 0.6) is 0 Å². The first-order valence-corrected chi connectivity index (χ1v) is 14.9. The zero-order valence-electron chi connectivity index (χ0n) is 23.8. The van der Waals surface area contributed by atoms with Crippen molar-refractivity contribution >= 4 is 81.7 Å². The Morgan fingerprint density at radius 1 is 1.02 bits per heavy atom. The van der Waals surface area contributed by atoms with E-state index < -0.39 is 12.1 Å². The van der Waals surface area contributed by atoms with Gasteiger partial charge in [-0.1, -0.05) is 23.5 Å². The van der Waals surface area contributed by atoms with Gasteiger partial charge in [0, 0.05) is 51.7 Å². The van der Waals surface area contributed by atoms with Gasteiger partial charge in [0.25, 0.3) is 5.24 Å². The summed E-state index contributed by atoms with van der Waals surface area (Å²) >= 11 is 6.28. The van der Waals surface area contributed by atoms with Crippen molar-refractivity contribution in [2.45, 2.75) is 52.7 Å². The lowest BCUT2D eigenvalue weighted by molar-refractivity contribution is -0.136. The molecular weight excluding hydrogens is 582 g/mol. The number of ketones is 2. The van der Waals surface area contributed by atoms with Gasteiger partial charge in [0.05, 0.1) is 13.1 Å². The van der Waals surface area contributed by atoms with E-state index in [9.17, 15) is 38.4 Å². The molecule has 2 rings (SSSR count). The number of likely N-dealkylation sites (N-methyl/N-ethyl adjacent to an activating group) is 3. The zero-order valence-corrected chi connectivity index (χ0v) is 26.4. The highest BCUT2D eigenvalue weighted by atomic mass is 32.2. The summed E-state index contributed by atoms with van der Waals surface area (Å²) in [5.41, 5.74) is 0. The highest BCUT2D eigenvalue weighted by molar-refractivity contribution is 8.14. The first-order valence-electron chi connectivity index (χ1n) is 12.3. The van der Waals surface area contributed by atoms with E-state index in [4.69, 9.17) is 0 Å². The maximum atomic E-state index is 11.7. The lowest BCUT2D eigenvalue weighted by Gasteiger charge is -2.22. The molecular formula is C24H39N5O8S3. The van der Waals surface area contributed by atoms with Crippen LogP contribution in [-0.4, -0.2) is 129 Å². The standard InChI is InChI=1S/C9H16N2O3S.C8H12N2O3S.C7H11NO2S/c1-6(12)4-11(3)9(14)8(5-15)10-7(2)13;1-5(11)9-6-4-14-7(12)3-10(2)8(6)13;1-3-8-6(5(2)9)4-11-7(8)10/h8,15H,4-5H2,1-3H3,(H,10,13);6H,3-4H2,1-2H3,(H,9,11);6H,3-4H2,1-2H3/t8-;2*6-/m000/s1. The highest BCUT2D eigenvalue weighted by Crippen LogP contribution is 2.23. The molecule has 0 spiro atoms. The van der Waals surface area contributed by atoms with E-state index in [-0.39, 0.29) is 70.4 Å². The highest BCUT2D eigenvalue weighted by Gasteiger charge is 2.33. The average molecular weight is 622 g/mol. The van der Waals surface area contributed by atoms with Crippen LogP contribution in [-0.2, 0) is 33.6 Å². The summed E-state index contributed by atoms with van der Waals surface area (Å²) in [6.45, 7) is 8.29. The molecule has 2 aliphatic heterocycles. The minimum absolute atomic E-state index is 0.0349. The summed E-state index contributed by atoms with van der Waals surface area (Å²) < 4.78 is 0. The van der Waals surface area contributed by atoms with Gasteiger partial charge in [0.15, 0.2) is 5.78 Å². The van der Waals surface area contributed by atoms with Crippen LogP contribution in [0.25, 0.3) is 0 Å². The van der Waals surface area contributed by atoms with Gasteiger partial charge in [-0.25, -0.2) is 0 Å². The van der Waals surface area contributed by atoms with Gasteiger partial charge in [-0.2, -0.15) is 12.6 Å². The van der Waals surface area contributed by atoms with Crippen molar-refractivity contribution in [3.8, 4) is 0 Å². The van der Waals surface area contributed by atoms with Crippen LogP contribution in [0.1, 0.15) is 34.6 Å². The average Bonchev–Trinajstić information content (AvgIpc) is 3.19. The Balaban J connectivity index is 0.000000576. The number of nitrogens with one attached hydrogen (secondary N) is 2. The van der Waals surface area contributed by atoms with Crippen LogP contribution in [0.2, 0.25) is 0 Å². The Labute approximate surface area is 248 Å². The number of carbonyl (C=O) groups is 8. The van der Waals surface area contributed by atoms with Crippen molar-refractivity contribution in [1.29, 1.82) is 0 Å². The van der Waals surface area contributed by atoms with E-state index in [0.717, 1.165) is 11.8 Å². The largest absolute Gasteiger partial charge is 0.344 e. The fourth-order valence-corrected chi connectivity index (χ4v) is 5.67. The number of amides is 5. The van der Waals surface area contributed by atoms with Crippen molar-refractivity contribution in [2.75, 3.05) is 51.0 Å². The van der Waals surface area contributed by atoms with Crippen molar-refractivity contribution < 1.29 is 38.4 Å². The fraction of sp³-hybridized carbons (Fsp3) is 0.667. The Kier molecular flexibility index (Phi) is 17.5. The molecule has 0 unspecified atom stereocenters. The second kappa shape index (κ2) is 18.7. The van der Waals surface area contributed by atoms with Crippen LogP contribution < -0.4 is 10.6 Å². The molecule has 0 aromatic rings. The second-order valence-corrected chi connectivity index (χ2v) is 11.4. The minimum atomic E-state index is -0.671. The lowest BCUT2D eigenvalue weighted by Crippen LogP contribution is -2.48. The van der Waals surface area contributed by atoms with E-state index in [1.165, 1.54) is 56.3 Å². The molecule has 2 aliphatic rings. The number of hydrogen-bond acceptors (Lipinski definition) is 11. The van der Waals surface area contributed by atoms with Gasteiger partial charge >= 0.3 is 0 Å². The summed E-state index contributed by atoms with van der Waals surface area (Å²) in [6.07, 6.45) is 0. The molecule has 40 heavy (non-hydrogen) atoms. The van der Waals surface area contributed by atoms with E-state index in [1.807, 2.05) is 6.92 Å². The summed E-state index contributed by atoms with van der Waals surface area (Å²) in [5, 5.41) is 4.97. The summed E-state index contributed by atoms with van der Waals surface area (Å²) in [7, 11) is 3.07. The Hall–Kier alpha value is -2.59. The summed E-state index contributed by atoms with van der Waals surface area (Å²) in [5.74, 6) is 0.0700. The Morgan fingerprint density at radius 3 is 2.05 bits per heavy atom. The molecule has 3 atom stereocenters. The number of rotatable bonds is 8. The third-order valence-electron chi connectivity index (χ3n) is 5.31. The molecule has 16 heteroatoms. The predicted molar refractivity (Wildman–Crippen MR) is 157 cm³/mol. The first kappa shape index (κ1) is 37.4. The smallest absolute Gasteiger partial charge is 0.282 e. The fourth-order valence-electron chi connectivity index (χ4n) is 3.42. The number of thioether (sulfide) groups is 2. The van der Waals surface area contributed by atoms with Crippen molar-refractivity contribution in [3.63, 3.8) is 0 Å². The third-order valence-corrected chi connectivity index (χ3v) is 7.59. The molecule has 0 radical (unpaired) electrons. The van der Waals surface area contributed by atoms with Gasteiger partial charge in [-0.3, -0.25) is 38.4 Å². The monoisotopic (exact) mass is 621 g/mol. The van der Waals surface area contributed by atoms with Crippen LogP contribution in [0.4, 0.5) is 4.79 Å². The van der Waals surface area contributed by atoms with Gasteiger partial charge in [0.1, 0.15) is 23.9 Å². The quantitative estimate of drug-likeness (QED) is 0.309. The zero-order chi connectivity index (χ0) is 31.2. The third kappa shape index (κ3) is 13.7. The van der Waals surface area contributed by atoms with Crippen LogP contribution in [0.15, 0.2) is 0 Å². The minimum Gasteiger partial charge on any atom is -0.344 e. The van der Waals surface area contributed by atoms with Crippen molar-refractivity contribution in [1.82, 2.24) is 25.3 Å². The second-order valence-electron chi connectivity index (χ2n) is 8.95. The SMILES string of the molecule is CC(=O)CN(C)C(=O)[C@H](CS)NC(C)=O.CC(=O)N[C@H]1CSC(=O)CN(C)C1=O.CCN1C(=O)SC[C@H]1C(C)=O. The molecule has 5 amide bonds. The van der Waals surface area contributed by atoms with Crippen LogP contribution >= 0.6 is 36.2 Å². The molecule has 2 heterocycles. The molecule has 226 valence electrons. The molecule has 0 bridgehead atoms. The molecule has 13 nitrogen and oxygen atoms in total. The van der Waals surface area contributed by atoms with Gasteiger partial charge in [0.2, 0.25) is 28.7 Å². The van der Waals surface area contributed by atoms with Crippen molar-refractivity contribution in [2.24, 2.45) is 0 Å². The molecule has 2 saturated heterocycles. The maximum absolute atomic E-state index is 11.7. The Morgan fingerprint density at radius 2 is 1.62 bits per heavy atom. The van der Waals surface area contributed by atoms with Crippen LogP contribution in [0, 0.1) is 0 Å². The van der Waals surface area contributed by atoms with Gasteiger partial charge in [-0.15, -0.1) is 0 Å². The topological polar surface area (TPSA) is 170 Å². The normalized spacial score (nSPS) is 19.2. The predicted octanol–water partition coefficient (Wildman–Crippen LogP) is -0.176. The van der Waals surface area contributed by atoms with Crippen molar-refractivity contribution in [3.05, 3.63) is 0 Å². The number of nitrogens with zero attached hydrogens (tertiary/aromatic N) is 3. The molecule has 0 aromatic carbocycles. The summed E-state index contributed by atoms with van der Waals surface area (Å²) in [6, 6.07) is -1.42. The van der Waals surface area contributed by atoms with E-state index in [1.54, 1.807) is 11.9 Å². The molecule has 0 aliphatic carbocycles. The molecule has 0 aromatic heterocycles. The number of hydrogen-bond donors (Lipinski definition) is 3. The molecule has 0 saturated carbocycles. The first-order chi connectivity index (χ1) is 18.5. The van der Waals surface area contributed by atoms with E-state index in [0.29, 0.717) is 18.1 Å². The lowest BCUT2D eigenvalue weighted by atomic mass is 10.2. The van der Waals surface area contributed by atoms with E-state index >= 15 is 0 Å². The Bertz CT molecular complexity index is 980. The maximum Gasteiger partial charge on any atom is 0.282 e. The van der Waals surface area contributed by atoms with Crippen LogP contribution in [0.3, 0.4) is 0 Å². The number of Topliss-reactive ketones (excluding diaryl/α,β-unsaturated/α-hetero) is 2. The van der Waals surface area contributed by atoms with Gasteiger partial charge in [-0.05, 0) is 20.8 Å². The number of carbonyl (C=O) groups excluding carboxylic acids is 8.